The molecule has 3 atom stereocenters. The van der Waals surface area contributed by atoms with E-state index in [1.54, 1.807) is 12.1 Å². The highest BCUT2D eigenvalue weighted by molar-refractivity contribution is 7.89. The van der Waals surface area contributed by atoms with Crippen molar-refractivity contribution in [3.05, 3.63) is 59.4 Å². The lowest BCUT2D eigenvalue weighted by Gasteiger charge is -2.21. The Morgan fingerprint density at radius 3 is 2.58 bits per heavy atom. The second-order valence-corrected chi connectivity index (χ2v) is 8.48. The van der Waals surface area contributed by atoms with Gasteiger partial charge in [-0.1, -0.05) is 18.2 Å². The van der Waals surface area contributed by atoms with Crippen LogP contribution in [0.3, 0.4) is 0 Å². The molecule has 0 radical (unpaired) electrons. The molecule has 3 N–H and O–H groups in total. The Bertz CT molecular complexity index is 898. The molecule has 4 nitrogen and oxygen atoms in total. The summed E-state index contributed by atoms with van der Waals surface area (Å²) in [6.45, 7) is 0.675. The van der Waals surface area contributed by atoms with E-state index < -0.39 is 27.4 Å². The maximum atomic E-state index is 15.0. The van der Waals surface area contributed by atoms with E-state index in [-0.39, 0.29) is 23.2 Å². The first-order valence-corrected chi connectivity index (χ1v) is 10.2. The summed E-state index contributed by atoms with van der Waals surface area (Å²) in [5, 5.41) is 3.22. The molecule has 2 aromatic carbocycles. The molecule has 1 fully saturated rings. The van der Waals surface area contributed by atoms with Crippen molar-refractivity contribution < 1.29 is 17.4 Å². The normalized spacial score (nSPS) is 22.3. The highest BCUT2D eigenvalue weighted by atomic mass is 32.2. The number of benzene rings is 2. The van der Waals surface area contributed by atoms with Crippen LogP contribution in [0.25, 0.3) is 11.1 Å². The molecule has 1 aliphatic heterocycles. The summed E-state index contributed by atoms with van der Waals surface area (Å²) in [5.41, 5.74) is 0.660. The largest absolute Gasteiger partial charge is 0.312 e. The van der Waals surface area contributed by atoms with Crippen molar-refractivity contribution in [1.29, 1.82) is 4.78 Å². The molecule has 140 valence electrons. The fourth-order valence-electron chi connectivity index (χ4n) is 3.32. The topological polar surface area (TPSA) is 65.0 Å². The van der Waals surface area contributed by atoms with Crippen molar-refractivity contribution in [2.45, 2.75) is 24.9 Å². The van der Waals surface area contributed by atoms with Crippen LogP contribution >= 0.6 is 0 Å². The number of nitrogens with one attached hydrogen (secondary N) is 3. The lowest BCUT2D eigenvalue weighted by atomic mass is 9.96. The summed E-state index contributed by atoms with van der Waals surface area (Å²) in [7, 11) is -2.87. The SMILES string of the molecule is CS(=N)(=O)N[C@H]1CCN[C@H]1Cc1cccc(-c2cc(F)cc(F)c2)c1F. The van der Waals surface area contributed by atoms with Crippen molar-refractivity contribution in [3.63, 3.8) is 0 Å². The number of halogens is 3. The molecule has 0 aliphatic carbocycles. The molecule has 1 unspecified atom stereocenters. The van der Waals surface area contributed by atoms with Gasteiger partial charge in [0.15, 0.2) is 0 Å². The van der Waals surface area contributed by atoms with E-state index in [9.17, 15) is 17.4 Å². The van der Waals surface area contributed by atoms with Crippen LogP contribution in [0.1, 0.15) is 12.0 Å². The molecular formula is C18H20F3N3OS. The Kier molecular flexibility index (Phi) is 5.36. The molecular weight excluding hydrogens is 363 g/mol. The van der Waals surface area contributed by atoms with Crippen LogP contribution in [0.4, 0.5) is 13.2 Å². The van der Waals surface area contributed by atoms with Gasteiger partial charge in [-0.25, -0.2) is 26.9 Å². The molecule has 0 spiro atoms. The minimum Gasteiger partial charge on any atom is -0.312 e. The van der Waals surface area contributed by atoms with Crippen molar-refractivity contribution >= 4 is 9.92 Å². The molecule has 0 aromatic heterocycles. The Labute approximate surface area is 150 Å². The van der Waals surface area contributed by atoms with Gasteiger partial charge in [0.2, 0.25) is 0 Å². The van der Waals surface area contributed by atoms with Crippen molar-refractivity contribution in [2.24, 2.45) is 0 Å². The minimum atomic E-state index is -2.87. The van der Waals surface area contributed by atoms with E-state index in [0.29, 0.717) is 24.9 Å². The van der Waals surface area contributed by atoms with Gasteiger partial charge in [0.1, 0.15) is 27.4 Å². The van der Waals surface area contributed by atoms with Gasteiger partial charge in [-0.2, -0.15) is 0 Å². The number of hydrogen-bond acceptors (Lipinski definition) is 3. The monoisotopic (exact) mass is 383 g/mol. The third-order valence-electron chi connectivity index (χ3n) is 4.42. The van der Waals surface area contributed by atoms with Crippen molar-refractivity contribution in [2.75, 3.05) is 12.8 Å². The fraction of sp³-hybridized carbons (Fsp3) is 0.333. The number of hydrogen-bond donors (Lipinski definition) is 3. The first-order valence-electron chi connectivity index (χ1n) is 8.21. The van der Waals surface area contributed by atoms with E-state index in [4.69, 9.17) is 4.78 Å². The second-order valence-electron chi connectivity index (χ2n) is 6.56. The average molecular weight is 383 g/mol. The average Bonchev–Trinajstić information content (AvgIpc) is 2.93. The van der Waals surface area contributed by atoms with E-state index >= 15 is 0 Å². The van der Waals surface area contributed by atoms with Crippen molar-refractivity contribution in [1.82, 2.24) is 10.0 Å². The zero-order chi connectivity index (χ0) is 18.9. The maximum absolute atomic E-state index is 15.0. The molecule has 26 heavy (non-hydrogen) atoms. The summed E-state index contributed by atoms with van der Waals surface area (Å²) in [4.78, 5) is 0. The highest BCUT2D eigenvalue weighted by Crippen LogP contribution is 2.28. The molecule has 1 saturated heterocycles. The summed E-state index contributed by atoms with van der Waals surface area (Å²) in [6.07, 6.45) is 2.30. The van der Waals surface area contributed by atoms with E-state index in [1.807, 2.05) is 0 Å². The first kappa shape index (κ1) is 18.9. The Morgan fingerprint density at radius 1 is 1.23 bits per heavy atom. The molecule has 2 aromatic rings. The maximum Gasteiger partial charge on any atom is 0.134 e. The zero-order valence-corrected chi connectivity index (χ0v) is 15.0. The lowest BCUT2D eigenvalue weighted by Crippen LogP contribution is -2.43. The van der Waals surface area contributed by atoms with Crippen LogP contribution in [0.15, 0.2) is 36.4 Å². The highest BCUT2D eigenvalue weighted by Gasteiger charge is 2.29. The van der Waals surface area contributed by atoms with Gasteiger partial charge in [-0.3, -0.25) is 0 Å². The first-order chi connectivity index (χ1) is 12.2. The second kappa shape index (κ2) is 7.38. The van der Waals surface area contributed by atoms with Crippen LogP contribution in [-0.2, 0) is 16.3 Å². The van der Waals surface area contributed by atoms with Crippen LogP contribution < -0.4 is 10.0 Å². The van der Waals surface area contributed by atoms with E-state index in [2.05, 4.69) is 10.0 Å². The Balaban J connectivity index is 1.88. The third kappa shape index (κ3) is 4.44. The lowest BCUT2D eigenvalue weighted by molar-refractivity contribution is 0.496. The van der Waals surface area contributed by atoms with Gasteiger partial charge in [-0.15, -0.1) is 0 Å². The van der Waals surface area contributed by atoms with Gasteiger partial charge >= 0.3 is 0 Å². The molecule has 0 saturated carbocycles. The summed E-state index contributed by atoms with van der Waals surface area (Å²) in [5.74, 6) is -2.06. The summed E-state index contributed by atoms with van der Waals surface area (Å²) >= 11 is 0. The zero-order valence-electron chi connectivity index (χ0n) is 14.2. The van der Waals surface area contributed by atoms with E-state index in [0.717, 1.165) is 18.2 Å². The van der Waals surface area contributed by atoms with Gasteiger partial charge in [-0.05, 0) is 42.6 Å². The predicted octanol–water partition coefficient (Wildman–Crippen LogP) is 3.23. The quantitative estimate of drug-likeness (QED) is 0.742. The smallest absolute Gasteiger partial charge is 0.134 e. The minimum absolute atomic E-state index is 0.128. The molecule has 8 heteroatoms. The predicted molar refractivity (Wildman–Crippen MR) is 95.6 cm³/mol. The summed E-state index contributed by atoms with van der Waals surface area (Å²) in [6, 6.07) is 7.28. The molecule has 0 amide bonds. The summed E-state index contributed by atoms with van der Waals surface area (Å²) < 4.78 is 63.9. The van der Waals surface area contributed by atoms with Gasteiger partial charge in [0, 0.05) is 30.0 Å². The van der Waals surface area contributed by atoms with Gasteiger partial charge < -0.3 is 5.32 Å². The molecule has 1 heterocycles. The van der Waals surface area contributed by atoms with Gasteiger partial charge in [0.25, 0.3) is 0 Å². The van der Waals surface area contributed by atoms with Crippen LogP contribution in [0.5, 0.6) is 0 Å². The number of rotatable bonds is 5. The van der Waals surface area contributed by atoms with Crippen LogP contribution in [0, 0.1) is 22.2 Å². The van der Waals surface area contributed by atoms with E-state index in [1.165, 1.54) is 12.3 Å². The standard InChI is InChI=1S/C18H20F3N3OS/c1-26(22,25)24-16-5-6-23-17(16)9-11-3-2-4-15(18(11)21)12-7-13(19)10-14(20)8-12/h2-4,7-8,10,16-17,23H,5-6,9H2,1H3,(H2,22,24,25)/t16-,17-,26?/m0/s1. The van der Waals surface area contributed by atoms with Gasteiger partial charge in [0.05, 0.1) is 0 Å². The van der Waals surface area contributed by atoms with Crippen LogP contribution in [-0.4, -0.2) is 29.1 Å². The third-order valence-corrected chi connectivity index (χ3v) is 5.17. The molecule has 0 bridgehead atoms. The Hall–Kier alpha value is -1.90. The molecule has 3 rings (SSSR count). The Morgan fingerprint density at radius 2 is 1.92 bits per heavy atom. The van der Waals surface area contributed by atoms with Crippen LogP contribution in [0.2, 0.25) is 0 Å². The van der Waals surface area contributed by atoms with Crippen molar-refractivity contribution in [3.8, 4) is 11.1 Å². The molecule has 1 aliphatic rings. The fourth-order valence-corrected chi connectivity index (χ4v) is 4.18.